The summed E-state index contributed by atoms with van der Waals surface area (Å²) >= 11 is 3.45. The molecule has 0 atom stereocenters. The van der Waals surface area contributed by atoms with Crippen molar-refractivity contribution in [2.24, 2.45) is 4.99 Å². The van der Waals surface area contributed by atoms with Crippen LogP contribution in [0, 0.1) is 0 Å². The highest BCUT2D eigenvalue weighted by Gasteiger charge is 2.05. The minimum atomic E-state index is 0.552. The highest BCUT2D eigenvalue weighted by Crippen LogP contribution is 2.27. The van der Waals surface area contributed by atoms with Gasteiger partial charge in [0.25, 0.3) is 0 Å². The smallest absolute Gasteiger partial charge is 0.191 e. The molecule has 2 aromatic rings. The number of methoxy groups -OCH3 is 2. The van der Waals surface area contributed by atoms with Gasteiger partial charge in [-0.05, 0) is 42.3 Å². The van der Waals surface area contributed by atoms with Crippen LogP contribution >= 0.6 is 15.9 Å². The molecule has 0 saturated carbocycles. The predicted octanol–water partition coefficient (Wildman–Crippen LogP) is 3.72. The molecule has 0 aliphatic rings. The zero-order valence-corrected chi connectivity index (χ0v) is 16.4. The van der Waals surface area contributed by atoms with Gasteiger partial charge in [-0.2, -0.15) is 0 Å². The van der Waals surface area contributed by atoms with Gasteiger partial charge >= 0.3 is 0 Å². The molecule has 0 radical (unpaired) electrons. The molecule has 2 aromatic carbocycles. The highest BCUT2D eigenvalue weighted by molar-refractivity contribution is 9.10. The maximum absolute atomic E-state index is 5.34. The summed E-state index contributed by atoms with van der Waals surface area (Å²) in [4.78, 5) is 4.64. The summed E-state index contributed by atoms with van der Waals surface area (Å²) in [6.07, 6.45) is 0. The minimum Gasteiger partial charge on any atom is -0.493 e. The lowest BCUT2D eigenvalue weighted by Gasteiger charge is -2.12. The van der Waals surface area contributed by atoms with Crippen molar-refractivity contribution in [3.05, 3.63) is 58.1 Å². The quantitative estimate of drug-likeness (QED) is 0.544. The molecule has 0 amide bonds. The normalized spacial score (nSPS) is 11.1. The minimum absolute atomic E-state index is 0.552. The third-order valence-electron chi connectivity index (χ3n) is 3.59. The Morgan fingerprint density at radius 1 is 0.960 bits per heavy atom. The van der Waals surface area contributed by atoms with Crippen molar-refractivity contribution in [1.29, 1.82) is 0 Å². The molecule has 5 nitrogen and oxygen atoms in total. The standard InChI is InChI=1S/C19H24BrN3O2/c1-4-21-19(22-12-14-5-8-16(20)9-6-14)23-13-15-7-10-17(24-2)18(11-15)25-3/h5-11H,4,12-13H2,1-3H3,(H2,21,22,23). The summed E-state index contributed by atoms with van der Waals surface area (Å²) in [6.45, 7) is 4.12. The van der Waals surface area contributed by atoms with Crippen molar-refractivity contribution in [3.8, 4) is 11.5 Å². The SMILES string of the molecule is CCNC(=NCc1ccc(OC)c(OC)c1)NCc1ccc(Br)cc1. The van der Waals surface area contributed by atoms with Crippen LogP contribution in [0.3, 0.4) is 0 Å². The molecule has 0 aliphatic carbocycles. The van der Waals surface area contributed by atoms with Gasteiger partial charge in [0.2, 0.25) is 0 Å². The van der Waals surface area contributed by atoms with Gasteiger partial charge in [0.15, 0.2) is 17.5 Å². The molecule has 2 N–H and O–H groups in total. The number of benzene rings is 2. The topological polar surface area (TPSA) is 54.9 Å². The van der Waals surface area contributed by atoms with Crippen molar-refractivity contribution in [2.75, 3.05) is 20.8 Å². The van der Waals surface area contributed by atoms with Gasteiger partial charge in [0.05, 0.1) is 20.8 Å². The Hall–Kier alpha value is -2.21. The Morgan fingerprint density at radius 2 is 1.64 bits per heavy atom. The predicted molar refractivity (Wildman–Crippen MR) is 105 cm³/mol. The van der Waals surface area contributed by atoms with Gasteiger partial charge in [0, 0.05) is 17.6 Å². The van der Waals surface area contributed by atoms with E-state index in [4.69, 9.17) is 9.47 Å². The van der Waals surface area contributed by atoms with Gasteiger partial charge in [-0.1, -0.05) is 34.1 Å². The maximum atomic E-state index is 5.34. The van der Waals surface area contributed by atoms with Crippen LogP contribution in [0.25, 0.3) is 0 Å². The fourth-order valence-corrected chi connectivity index (χ4v) is 2.54. The van der Waals surface area contributed by atoms with Crippen LogP contribution < -0.4 is 20.1 Å². The summed E-state index contributed by atoms with van der Waals surface area (Å²) in [5, 5.41) is 6.60. The molecule has 0 fully saturated rings. The van der Waals surface area contributed by atoms with Crippen LogP contribution in [-0.2, 0) is 13.1 Å². The maximum Gasteiger partial charge on any atom is 0.191 e. The van der Waals surface area contributed by atoms with Crippen LogP contribution in [0.15, 0.2) is 51.9 Å². The second kappa shape index (κ2) is 9.93. The zero-order valence-electron chi connectivity index (χ0n) is 14.8. The molecular weight excluding hydrogens is 382 g/mol. The molecule has 0 spiro atoms. The van der Waals surface area contributed by atoms with Crippen LogP contribution in [0.1, 0.15) is 18.1 Å². The van der Waals surface area contributed by atoms with E-state index in [9.17, 15) is 0 Å². The summed E-state index contributed by atoms with van der Waals surface area (Å²) in [5.41, 5.74) is 2.25. The first-order chi connectivity index (χ1) is 12.2. The first kappa shape index (κ1) is 19.1. The van der Waals surface area contributed by atoms with Crippen molar-refractivity contribution in [3.63, 3.8) is 0 Å². The molecule has 0 bridgehead atoms. The molecule has 134 valence electrons. The second-order valence-corrected chi connectivity index (χ2v) is 6.28. The van der Waals surface area contributed by atoms with Gasteiger partial charge in [-0.25, -0.2) is 4.99 Å². The number of guanidine groups is 1. The first-order valence-corrected chi connectivity index (χ1v) is 8.93. The van der Waals surface area contributed by atoms with Crippen LogP contribution in [-0.4, -0.2) is 26.7 Å². The van der Waals surface area contributed by atoms with Gasteiger partial charge in [0.1, 0.15) is 0 Å². The van der Waals surface area contributed by atoms with E-state index < -0.39 is 0 Å². The Balaban J connectivity index is 2.02. The molecule has 25 heavy (non-hydrogen) atoms. The molecule has 2 rings (SSSR count). The van der Waals surface area contributed by atoms with Crippen molar-refractivity contribution in [1.82, 2.24) is 10.6 Å². The zero-order chi connectivity index (χ0) is 18.1. The van der Waals surface area contributed by atoms with E-state index in [2.05, 4.69) is 43.7 Å². The van der Waals surface area contributed by atoms with E-state index in [0.717, 1.165) is 28.3 Å². The van der Waals surface area contributed by atoms with Gasteiger partial charge < -0.3 is 20.1 Å². The van der Waals surface area contributed by atoms with Crippen LogP contribution in [0.5, 0.6) is 11.5 Å². The van der Waals surface area contributed by atoms with Crippen LogP contribution in [0.4, 0.5) is 0 Å². The molecule has 0 aliphatic heterocycles. The number of rotatable bonds is 7. The highest BCUT2D eigenvalue weighted by atomic mass is 79.9. The number of hydrogen-bond donors (Lipinski definition) is 2. The van der Waals surface area contributed by atoms with Gasteiger partial charge in [-0.3, -0.25) is 0 Å². The number of nitrogens with zero attached hydrogens (tertiary/aromatic N) is 1. The summed E-state index contributed by atoms with van der Waals surface area (Å²) in [6, 6.07) is 14.1. The van der Waals surface area contributed by atoms with E-state index in [1.54, 1.807) is 14.2 Å². The third-order valence-corrected chi connectivity index (χ3v) is 4.11. The first-order valence-electron chi connectivity index (χ1n) is 8.13. The van der Waals surface area contributed by atoms with E-state index in [-0.39, 0.29) is 0 Å². The van der Waals surface area contributed by atoms with Gasteiger partial charge in [-0.15, -0.1) is 0 Å². The average molecular weight is 406 g/mol. The third kappa shape index (κ3) is 5.98. The fraction of sp³-hybridized carbons (Fsp3) is 0.316. The fourth-order valence-electron chi connectivity index (χ4n) is 2.28. The lowest BCUT2D eigenvalue weighted by Crippen LogP contribution is -2.36. The van der Waals surface area contributed by atoms with Crippen molar-refractivity contribution >= 4 is 21.9 Å². The molecule has 6 heteroatoms. The molecular formula is C19H24BrN3O2. The Bertz CT molecular complexity index is 702. The number of ether oxygens (including phenoxy) is 2. The molecule has 0 unspecified atom stereocenters. The lowest BCUT2D eigenvalue weighted by molar-refractivity contribution is 0.354. The lowest BCUT2D eigenvalue weighted by atomic mass is 10.2. The van der Waals surface area contributed by atoms with E-state index in [1.807, 2.05) is 37.3 Å². The monoisotopic (exact) mass is 405 g/mol. The number of hydrogen-bond acceptors (Lipinski definition) is 3. The summed E-state index contributed by atoms with van der Waals surface area (Å²) in [7, 11) is 3.26. The number of nitrogens with one attached hydrogen (secondary N) is 2. The Morgan fingerprint density at radius 3 is 2.28 bits per heavy atom. The molecule has 0 heterocycles. The molecule has 0 aromatic heterocycles. The number of halogens is 1. The Labute approximate surface area is 157 Å². The second-order valence-electron chi connectivity index (χ2n) is 5.36. The summed E-state index contributed by atoms with van der Waals surface area (Å²) in [5.74, 6) is 2.21. The van der Waals surface area contributed by atoms with E-state index in [0.29, 0.717) is 18.8 Å². The Kier molecular flexibility index (Phi) is 7.60. The number of aliphatic imine (C=N–C) groups is 1. The molecule has 0 saturated heterocycles. The largest absolute Gasteiger partial charge is 0.493 e. The van der Waals surface area contributed by atoms with Crippen LogP contribution in [0.2, 0.25) is 0 Å². The summed E-state index contributed by atoms with van der Waals surface area (Å²) < 4.78 is 11.7. The van der Waals surface area contributed by atoms with E-state index in [1.165, 1.54) is 5.56 Å². The van der Waals surface area contributed by atoms with E-state index >= 15 is 0 Å². The van der Waals surface area contributed by atoms with Crippen molar-refractivity contribution < 1.29 is 9.47 Å². The van der Waals surface area contributed by atoms with Crippen molar-refractivity contribution in [2.45, 2.75) is 20.0 Å². The average Bonchev–Trinajstić information content (AvgIpc) is 2.65.